The van der Waals surface area contributed by atoms with Gasteiger partial charge >= 0.3 is 0 Å². The quantitative estimate of drug-likeness (QED) is 0.343. The Morgan fingerprint density at radius 1 is 0.750 bits per heavy atom. The molecule has 142 valence electrons. The molecule has 28 heavy (non-hydrogen) atoms. The second-order valence-electron chi connectivity index (χ2n) is 6.40. The molecule has 1 aromatic heterocycles. The second kappa shape index (κ2) is 8.22. The van der Waals surface area contributed by atoms with Crippen LogP contribution in [-0.2, 0) is 13.1 Å². The van der Waals surface area contributed by atoms with Crippen LogP contribution < -0.4 is 4.90 Å². The van der Waals surface area contributed by atoms with Crippen LogP contribution in [0.15, 0.2) is 60.8 Å². The highest BCUT2D eigenvalue weighted by Gasteiger charge is 2.17. The lowest BCUT2D eigenvalue weighted by Gasteiger charge is -2.27. The van der Waals surface area contributed by atoms with Gasteiger partial charge in [0, 0.05) is 55.4 Å². The van der Waals surface area contributed by atoms with Gasteiger partial charge in [-0.05, 0) is 42.5 Å². The van der Waals surface area contributed by atoms with E-state index in [-0.39, 0.29) is 0 Å². The number of nitrogens with one attached hydrogen (secondary N) is 1. The maximum atomic E-state index is 6.43. The van der Waals surface area contributed by atoms with Gasteiger partial charge in [0.25, 0.3) is 0 Å². The fraction of sp³-hybridized carbons (Fsp3) is 0.0952. The summed E-state index contributed by atoms with van der Waals surface area (Å²) in [5.74, 6) is 0. The summed E-state index contributed by atoms with van der Waals surface area (Å²) in [6.07, 6.45) is 1.79. The molecule has 0 bridgehead atoms. The monoisotopic (exact) mass is 449 g/mol. The zero-order valence-corrected chi connectivity index (χ0v) is 17.6. The largest absolute Gasteiger partial charge is 0.363 e. The van der Waals surface area contributed by atoms with Gasteiger partial charge in [0.15, 0.2) is 0 Å². The first kappa shape index (κ1) is 19.4. The third kappa shape index (κ3) is 3.94. The number of halogens is 4. The molecule has 3 aromatic carbocycles. The molecule has 0 unspecified atom stereocenters. The summed E-state index contributed by atoms with van der Waals surface area (Å²) in [5.41, 5.74) is 3.65. The van der Waals surface area contributed by atoms with Crippen LogP contribution in [0.3, 0.4) is 0 Å². The molecule has 0 atom stereocenters. The molecule has 0 radical (unpaired) electrons. The zero-order valence-electron chi connectivity index (χ0n) is 14.6. The van der Waals surface area contributed by atoms with Crippen LogP contribution in [0, 0.1) is 0 Å². The number of aromatic amines is 1. The van der Waals surface area contributed by atoms with E-state index in [2.05, 4.69) is 21.2 Å². The van der Waals surface area contributed by atoms with E-state index in [1.165, 1.54) is 0 Å². The number of hydrogen-bond acceptors (Lipinski definition) is 2. The van der Waals surface area contributed by atoms with Crippen molar-refractivity contribution in [1.82, 2.24) is 10.2 Å². The van der Waals surface area contributed by atoms with Crippen molar-refractivity contribution in [2.24, 2.45) is 0 Å². The first-order chi connectivity index (χ1) is 13.5. The van der Waals surface area contributed by atoms with E-state index in [9.17, 15) is 0 Å². The normalized spacial score (nSPS) is 11.1. The molecule has 0 fully saturated rings. The van der Waals surface area contributed by atoms with Gasteiger partial charge in [-0.2, -0.15) is 5.10 Å². The van der Waals surface area contributed by atoms with Crippen molar-refractivity contribution in [1.29, 1.82) is 0 Å². The predicted octanol–water partition coefficient (Wildman–Crippen LogP) is 7.38. The van der Waals surface area contributed by atoms with Crippen LogP contribution in [-0.4, -0.2) is 10.2 Å². The van der Waals surface area contributed by atoms with Crippen LogP contribution in [0.2, 0.25) is 20.1 Å². The van der Waals surface area contributed by atoms with E-state index < -0.39 is 0 Å². The van der Waals surface area contributed by atoms with Crippen molar-refractivity contribution in [3.05, 3.63) is 92.0 Å². The first-order valence-corrected chi connectivity index (χ1v) is 10.1. The minimum Gasteiger partial charge on any atom is -0.363 e. The molecule has 0 spiro atoms. The summed E-state index contributed by atoms with van der Waals surface area (Å²) in [7, 11) is 0. The maximum Gasteiger partial charge on any atom is 0.0651 e. The van der Waals surface area contributed by atoms with E-state index >= 15 is 0 Å². The molecule has 1 heterocycles. The molecule has 0 saturated heterocycles. The Labute approximate surface area is 182 Å². The number of hydrogen-bond donors (Lipinski definition) is 1. The van der Waals surface area contributed by atoms with Crippen LogP contribution in [0.4, 0.5) is 5.69 Å². The van der Waals surface area contributed by atoms with E-state index in [0.717, 1.165) is 27.7 Å². The molecule has 0 amide bonds. The Morgan fingerprint density at radius 3 is 1.82 bits per heavy atom. The summed E-state index contributed by atoms with van der Waals surface area (Å²) >= 11 is 25.7. The number of rotatable bonds is 5. The van der Waals surface area contributed by atoms with E-state index in [0.29, 0.717) is 33.2 Å². The number of aromatic nitrogens is 2. The van der Waals surface area contributed by atoms with Crippen LogP contribution in [0.25, 0.3) is 10.9 Å². The molecular weight excluding hydrogens is 436 g/mol. The molecular formula is C21H15Cl4N3. The Kier molecular flexibility index (Phi) is 5.70. The van der Waals surface area contributed by atoms with E-state index in [4.69, 9.17) is 46.4 Å². The highest BCUT2D eigenvalue weighted by atomic mass is 35.5. The van der Waals surface area contributed by atoms with Gasteiger partial charge in [-0.25, -0.2) is 0 Å². The lowest BCUT2D eigenvalue weighted by Crippen LogP contribution is -2.23. The highest BCUT2D eigenvalue weighted by molar-refractivity contribution is 6.36. The summed E-state index contributed by atoms with van der Waals surface area (Å²) in [5, 5.41) is 10.5. The van der Waals surface area contributed by atoms with E-state index in [1.54, 1.807) is 6.20 Å². The molecule has 1 N–H and O–H groups in total. The SMILES string of the molecule is Clc1cccc(Cl)c1CN(Cc1c(Cl)cccc1Cl)c1ccc2[nH]ncc2c1. The van der Waals surface area contributed by atoms with Crippen molar-refractivity contribution < 1.29 is 0 Å². The van der Waals surface area contributed by atoms with Gasteiger partial charge in [-0.15, -0.1) is 0 Å². The van der Waals surface area contributed by atoms with Crippen LogP contribution >= 0.6 is 46.4 Å². The van der Waals surface area contributed by atoms with Crippen molar-refractivity contribution >= 4 is 63.0 Å². The average molecular weight is 451 g/mol. The van der Waals surface area contributed by atoms with Crippen molar-refractivity contribution in [3.8, 4) is 0 Å². The van der Waals surface area contributed by atoms with Crippen LogP contribution in [0.1, 0.15) is 11.1 Å². The summed E-state index contributed by atoms with van der Waals surface area (Å²) in [6, 6.07) is 17.1. The fourth-order valence-electron chi connectivity index (χ4n) is 3.11. The standard InChI is InChI=1S/C21H15Cl4N3/c22-17-3-1-4-18(23)15(17)11-28(12-16-19(24)5-2-6-20(16)25)14-7-8-21-13(9-14)10-26-27-21/h1-10H,11-12H2,(H,26,27). The third-order valence-electron chi connectivity index (χ3n) is 4.61. The molecule has 3 nitrogen and oxygen atoms in total. The van der Waals surface area contributed by atoms with Gasteiger partial charge in [-0.1, -0.05) is 58.5 Å². The lowest BCUT2D eigenvalue weighted by molar-refractivity contribution is 0.801. The lowest BCUT2D eigenvalue weighted by atomic mass is 10.1. The molecule has 0 aliphatic carbocycles. The molecule has 4 rings (SSSR count). The van der Waals surface area contributed by atoms with Gasteiger partial charge in [0.05, 0.1) is 11.7 Å². The molecule has 0 aliphatic rings. The molecule has 0 saturated carbocycles. The minimum atomic E-state index is 0.503. The Bertz CT molecular complexity index is 1050. The van der Waals surface area contributed by atoms with Gasteiger partial charge in [0.2, 0.25) is 0 Å². The Hall–Kier alpha value is -1.91. The highest BCUT2D eigenvalue weighted by Crippen LogP contribution is 2.33. The number of anilines is 1. The molecule has 4 aromatic rings. The van der Waals surface area contributed by atoms with Crippen molar-refractivity contribution in [3.63, 3.8) is 0 Å². The van der Waals surface area contributed by atoms with Crippen molar-refractivity contribution in [2.75, 3.05) is 4.90 Å². The second-order valence-corrected chi connectivity index (χ2v) is 8.03. The summed E-state index contributed by atoms with van der Waals surface area (Å²) < 4.78 is 0. The number of nitrogens with zero attached hydrogens (tertiary/aromatic N) is 2. The number of H-pyrrole nitrogens is 1. The van der Waals surface area contributed by atoms with Crippen molar-refractivity contribution in [2.45, 2.75) is 13.1 Å². The average Bonchev–Trinajstić information content (AvgIpc) is 3.14. The number of fused-ring (bicyclic) bond motifs is 1. The van der Waals surface area contributed by atoms with Gasteiger partial charge < -0.3 is 4.90 Å². The topological polar surface area (TPSA) is 31.9 Å². The first-order valence-electron chi connectivity index (χ1n) is 8.57. The predicted molar refractivity (Wildman–Crippen MR) is 119 cm³/mol. The smallest absolute Gasteiger partial charge is 0.0651 e. The minimum absolute atomic E-state index is 0.503. The van der Waals surface area contributed by atoms with Gasteiger partial charge in [0.1, 0.15) is 0 Å². The zero-order chi connectivity index (χ0) is 19.7. The maximum absolute atomic E-state index is 6.43. The number of benzene rings is 3. The fourth-order valence-corrected chi connectivity index (χ4v) is 4.15. The third-order valence-corrected chi connectivity index (χ3v) is 6.03. The molecule has 7 heteroatoms. The van der Waals surface area contributed by atoms with Gasteiger partial charge in [-0.3, -0.25) is 5.10 Å². The molecule has 0 aliphatic heterocycles. The Morgan fingerprint density at radius 2 is 1.29 bits per heavy atom. The summed E-state index contributed by atoms with van der Waals surface area (Å²) in [6.45, 7) is 1.01. The Balaban J connectivity index is 1.78. The van der Waals surface area contributed by atoms with E-state index in [1.807, 2.05) is 48.5 Å². The van der Waals surface area contributed by atoms with Crippen LogP contribution in [0.5, 0.6) is 0 Å². The summed E-state index contributed by atoms with van der Waals surface area (Å²) in [4.78, 5) is 2.15.